The van der Waals surface area contributed by atoms with E-state index in [1.165, 1.54) is 82.9 Å². The average Bonchev–Trinajstić information content (AvgIpc) is 3.19. The minimum atomic E-state index is -0.344. The molecule has 184 valence electrons. The van der Waals surface area contributed by atoms with E-state index >= 15 is 0 Å². The molecule has 3 heterocycles. The van der Waals surface area contributed by atoms with Crippen LogP contribution in [0.15, 0.2) is 18.2 Å². The molecule has 0 bridgehead atoms. The van der Waals surface area contributed by atoms with Crippen molar-refractivity contribution in [2.75, 3.05) is 19.6 Å². The number of unbranched alkanes of at least 4 members (excludes halogenated alkanes) is 1. The van der Waals surface area contributed by atoms with E-state index in [1.54, 1.807) is 0 Å². The molecule has 1 aliphatic carbocycles. The third kappa shape index (κ3) is 5.07. The minimum Gasteiger partial charge on any atom is -0.303 e. The lowest BCUT2D eigenvalue weighted by molar-refractivity contribution is -0.134. The average molecular weight is 465 g/mol. The summed E-state index contributed by atoms with van der Waals surface area (Å²) >= 11 is 0. The molecule has 3 aliphatic rings. The Bertz CT molecular complexity index is 1020. The third-order valence-corrected chi connectivity index (χ3v) is 8.50. The zero-order valence-corrected chi connectivity index (χ0v) is 20.7. The number of aromatic nitrogens is 2. The van der Waals surface area contributed by atoms with E-state index < -0.39 is 0 Å². The minimum absolute atomic E-state index is 0.178. The van der Waals surface area contributed by atoms with E-state index in [0.717, 1.165) is 29.1 Å². The molecular weight excluding hydrogens is 424 g/mol. The van der Waals surface area contributed by atoms with Crippen LogP contribution >= 0.6 is 0 Å². The Morgan fingerprint density at radius 3 is 2.71 bits per heavy atom. The van der Waals surface area contributed by atoms with Gasteiger partial charge in [0.15, 0.2) is 0 Å². The number of imide groups is 1. The van der Waals surface area contributed by atoms with Gasteiger partial charge >= 0.3 is 0 Å². The molecule has 0 spiro atoms. The zero-order valence-electron chi connectivity index (χ0n) is 20.7. The fourth-order valence-electron chi connectivity index (χ4n) is 6.69. The molecule has 2 atom stereocenters. The first kappa shape index (κ1) is 23.5. The summed E-state index contributed by atoms with van der Waals surface area (Å²) in [5.74, 6) is 0.760. The van der Waals surface area contributed by atoms with E-state index in [0.29, 0.717) is 18.8 Å². The molecule has 34 heavy (non-hydrogen) atoms. The number of carbonyl (C=O) groups excluding carboxylic acids is 2. The summed E-state index contributed by atoms with van der Waals surface area (Å²) < 4.78 is 1.97. The van der Waals surface area contributed by atoms with Gasteiger partial charge in [-0.05, 0) is 56.2 Å². The molecule has 3 fully saturated rings. The zero-order chi connectivity index (χ0) is 23.5. The maximum Gasteiger partial charge on any atom is 0.235 e. The SMILES string of the molecule is Cn1nc(C2CCC(=O)NC2=O)c2cccc([C@@H]3CCCN(CCCCC4CCCCC4)C3)c21. The second-order valence-corrected chi connectivity index (χ2v) is 10.9. The number of aryl methyl sites for hydroxylation is 1. The van der Waals surface area contributed by atoms with E-state index in [4.69, 9.17) is 5.10 Å². The highest BCUT2D eigenvalue weighted by atomic mass is 16.2. The predicted octanol–water partition coefficient (Wildman–Crippen LogP) is 5.02. The Labute approximate surface area is 203 Å². The van der Waals surface area contributed by atoms with Gasteiger partial charge in [-0.15, -0.1) is 0 Å². The maximum absolute atomic E-state index is 12.5. The summed E-state index contributed by atoms with van der Waals surface area (Å²) in [7, 11) is 1.99. The van der Waals surface area contributed by atoms with Crippen LogP contribution in [0.3, 0.4) is 0 Å². The Kier molecular flexibility index (Phi) is 7.33. The Hall–Kier alpha value is -2.21. The maximum atomic E-state index is 12.5. The molecule has 2 saturated heterocycles. The number of nitrogens with one attached hydrogen (secondary N) is 1. The van der Waals surface area contributed by atoms with Crippen molar-refractivity contribution in [2.45, 2.75) is 88.9 Å². The highest BCUT2D eigenvalue weighted by Gasteiger charge is 2.33. The van der Waals surface area contributed by atoms with Crippen LogP contribution in [0.4, 0.5) is 0 Å². The van der Waals surface area contributed by atoms with Crippen LogP contribution in [0.5, 0.6) is 0 Å². The normalized spacial score (nSPS) is 25.1. The first-order valence-electron chi connectivity index (χ1n) is 13.6. The standard InChI is InChI=1S/C28H40N4O2/c1-31-27-22(13-7-14-23(27)26(30-31)24-15-16-25(33)29-28(24)34)21-12-8-18-32(19-21)17-6-5-11-20-9-3-2-4-10-20/h7,13-14,20-21,24H,2-6,8-12,15-19H2,1H3,(H,29,33,34)/t21-,24?/m1/s1. The van der Waals surface area contributed by atoms with E-state index in [9.17, 15) is 9.59 Å². The molecule has 1 saturated carbocycles. The lowest BCUT2D eigenvalue weighted by atomic mass is 9.85. The van der Waals surface area contributed by atoms with Crippen molar-refractivity contribution in [3.63, 3.8) is 0 Å². The number of fused-ring (bicyclic) bond motifs is 1. The van der Waals surface area contributed by atoms with Gasteiger partial charge in [0.25, 0.3) is 0 Å². The van der Waals surface area contributed by atoms with Crippen LogP contribution in [0.25, 0.3) is 10.9 Å². The van der Waals surface area contributed by atoms with E-state index in [-0.39, 0.29) is 17.7 Å². The number of hydrogen-bond donors (Lipinski definition) is 1. The molecule has 1 aromatic carbocycles. The number of nitrogens with zero attached hydrogens (tertiary/aromatic N) is 3. The summed E-state index contributed by atoms with van der Waals surface area (Å²) in [6.07, 6.45) is 14.7. The van der Waals surface area contributed by atoms with Gasteiger partial charge in [0, 0.05) is 25.4 Å². The number of likely N-dealkylation sites (tertiary alicyclic amines) is 1. The Morgan fingerprint density at radius 1 is 1.03 bits per heavy atom. The molecule has 5 rings (SSSR count). The van der Waals surface area contributed by atoms with Gasteiger partial charge in [-0.3, -0.25) is 19.6 Å². The van der Waals surface area contributed by atoms with Crippen molar-refractivity contribution in [3.05, 3.63) is 29.5 Å². The molecule has 1 N–H and O–H groups in total. The summed E-state index contributed by atoms with van der Waals surface area (Å²) in [6, 6.07) is 6.48. The molecule has 2 aliphatic heterocycles. The number of para-hydroxylation sites is 1. The molecule has 1 aromatic heterocycles. The molecule has 1 unspecified atom stereocenters. The monoisotopic (exact) mass is 464 g/mol. The first-order chi connectivity index (χ1) is 16.6. The van der Waals surface area contributed by atoms with Gasteiger partial charge in [0.05, 0.1) is 17.1 Å². The molecule has 2 amide bonds. The fraction of sp³-hybridized carbons (Fsp3) is 0.679. The third-order valence-electron chi connectivity index (χ3n) is 8.50. The van der Waals surface area contributed by atoms with Gasteiger partial charge in [0.1, 0.15) is 0 Å². The van der Waals surface area contributed by atoms with E-state index in [1.807, 2.05) is 11.7 Å². The summed E-state index contributed by atoms with van der Waals surface area (Å²) in [4.78, 5) is 26.8. The van der Waals surface area contributed by atoms with Crippen LogP contribution in [-0.2, 0) is 16.6 Å². The largest absolute Gasteiger partial charge is 0.303 e. The number of amides is 2. The topological polar surface area (TPSA) is 67.2 Å². The number of rotatable bonds is 7. The van der Waals surface area contributed by atoms with Crippen LogP contribution in [0.1, 0.15) is 100 Å². The highest BCUT2D eigenvalue weighted by molar-refractivity contribution is 6.02. The fourth-order valence-corrected chi connectivity index (χ4v) is 6.69. The predicted molar refractivity (Wildman–Crippen MR) is 135 cm³/mol. The smallest absolute Gasteiger partial charge is 0.235 e. The van der Waals surface area contributed by atoms with Crippen molar-refractivity contribution in [2.24, 2.45) is 13.0 Å². The Morgan fingerprint density at radius 2 is 1.88 bits per heavy atom. The number of carbonyl (C=O) groups is 2. The van der Waals surface area contributed by atoms with Crippen molar-refractivity contribution in [1.82, 2.24) is 20.0 Å². The number of hydrogen-bond acceptors (Lipinski definition) is 4. The quantitative estimate of drug-likeness (QED) is 0.461. The number of benzene rings is 1. The first-order valence-corrected chi connectivity index (χ1v) is 13.6. The lowest BCUT2D eigenvalue weighted by Gasteiger charge is -2.33. The Balaban J connectivity index is 1.26. The number of piperidine rings is 2. The van der Waals surface area contributed by atoms with Gasteiger partial charge in [0.2, 0.25) is 11.8 Å². The summed E-state index contributed by atoms with van der Waals surface area (Å²) in [5, 5.41) is 8.36. The molecule has 6 nitrogen and oxygen atoms in total. The van der Waals surface area contributed by atoms with Gasteiger partial charge in [-0.25, -0.2) is 0 Å². The second-order valence-electron chi connectivity index (χ2n) is 10.9. The van der Waals surface area contributed by atoms with Crippen molar-refractivity contribution in [3.8, 4) is 0 Å². The second kappa shape index (κ2) is 10.6. The summed E-state index contributed by atoms with van der Waals surface area (Å²) in [5.41, 5.74) is 3.34. The molecule has 2 aromatic rings. The molecule has 6 heteroatoms. The lowest BCUT2D eigenvalue weighted by Crippen LogP contribution is -2.39. The van der Waals surface area contributed by atoms with Crippen molar-refractivity contribution < 1.29 is 9.59 Å². The highest BCUT2D eigenvalue weighted by Crippen LogP contribution is 2.36. The van der Waals surface area contributed by atoms with Crippen LogP contribution < -0.4 is 5.32 Å². The summed E-state index contributed by atoms with van der Waals surface area (Å²) in [6.45, 7) is 3.54. The van der Waals surface area contributed by atoms with Gasteiger partial charge in [-0.2, -0.15) is 5.10 Å². The van der Waals surface area contributed by atoms with Crippen molar-refractivity contribution in [1.29, 1.82) is 0 Å². The van der Waals surface area contributed by atoms with Crippen LogP contribution in [-0.4, -0.2) is 46.1 Å². The van der Waals surface area contributed by atoms with Gasteiger partial charge < -0.3 is 4.90 Å². The molecular formula is C28H40N4O2. The van der Waals surface area contributed by atoms with Gasteiger partial charge in [-0.1, -0.05) is 63.1 Å². The van der Waals surface area contributed by atoms with Crippen molar-refractivity contribution >= 4 is 22.7 Å². The van der Waals surface area contributed by atoms with Crippen LogP contribution in [0, 0.1) is 5.92 Å². The van der Waals surface area contributed by atoms with Crippen LogP contribution in [0.2, 0.25) is 0 Å². The molecule has 0 radical (unpaired) electrons. The van der Waals surface area contributed by atoms with E-state index in [2.05, 4.69) is 28.4 Å².